The van der Waals surface area contributed by atoms with Gasteiger partial charge < -0.3 is 39.4 Å². The molecule has 9 nitrogen and oxygen atoms in total. The lowest BCUT2D eigenvalue weighted by molar-refractivity contribution is -0.300. The van der Waals surface area contributed by atoms with E-state index in [0.29, 0.717) is 51.6 Å². The molecule has 6 aliphatic rings. The molecule has 0 unspecified atom stereocenters. The smallest absolute Gasteiger partial charge is 0.330 e. The van der Waals surface area contributed by atoms with Crippen LogP contribution in [0.3, 0.4) is 0 Å². The summed E-state index contributed by atoms with van der Waals surface area (Å²) in [5.41, 5.74) is -3.58. The van der Waals surface area contributed by atoms with Gasteiger partial charge in [0.2, 0.25) is 0 Å². The van der Waals surface area contributed by atoms with Crippen LogP contribution in [0.1, 0.15) is 78.1 Å². The van der Waals surface area contributed by atoms with E-state index < -0.39 is 40.5 Å². The lowest BCUT2D eigenvalue weighted by Crippen LogP contribution is -2.70. The minimum atomic E-state index is -1.10. The molecule has 1 spiro atoms. The molecule has 2 aliphatic heterocycles. The first kappa shape index (κ1) is 28.1. The van der Waals surface area contributed by atoms with Crippen LogP contribution >= 0.6 is 0 Å². The summed E-state index contributed by atoms with van der Waals surface area (Å²) in [6.45, 7) is 4.14. The minimum absolute atomic E-state index is 0.00971. The van der Waals surface area contributed by atoms with E-state index in [9.17, 15) is 25.2 Å². The number of fused-ring (bicyclic) bond motifs is 6. The second-order valence-corrected chi connectivity index (χ2v) is 13.8. The van der Waals surface area contributed by atoms with Crippen LogP contribution in [0.4, 0.5) is 0 Å². The van der Waals surface area contributed by atoms with Gasteiger partial charge >= 0.3 is 5.97 Å². The first-order valence-corrected chi connectivity index (χ1v) is 14.9. The lowest BCUT2D eigenvalue weighted by atomic mass is 9.40. The maximum atomic E-state index is 12.5. The first-order valence-electron chi connectivity index (χ1n) is 14.9. The molecule has 39 heavy (non-hydrogen) atoms. The number of esters is 1. The second kappa shape index (κ2) is 9.48. The molecule has 4 aliphatic carbocycles. The number of rotatable bonds is 4. The summed E-state index contributed by atoms with van der Waals surface area (Å²) in [5, 5.41) is 46.0. The normalized spacial score (nSPS) is 55.1. The van der Waals surface area contributed by atoms with E-state index in [1.165, 1.54) is 6.08 Å². The first-order chi connectivity index (χ1) is 18.5. The fourth-order valence-electron chi connectivity index (χ4n) is 10.2. The number of hydrogen-bond donors (Lipinski definition) is 4. The Morgan fingerprint density at radius 1 is 1.08 bits per heavy atom. The van der Waals surface area contributed by atoms with Crippen molar-refractivity contribution >= 4 is 5.97 Å². The number of cyclic esters (lactones) is 1. The minimum Gasteiger partial charge on any atom is -0.462 e. The number of hydrogen-bond acceptors (Lipinski definition) is 9. The quantitative estimate of drug-likeness (QED) is 0.307. The van der Waals surface area contributed by atoms with Crippen LogP contribution in [-0.4, -0.2) is 88.6 Å². The molecular formula is C30H46O9. The Hall–Kier alpha value is -1.07. The Balaban J connectivity index is 1.22. The molecule has 4 saturated carbocycles. The summed E-state index contributed by atoms with van der Waals surface area (Å²) in [6.07, 6.45) is 7.49. The Labute approximate surface area is 230 Å². The summed E-state index contributed by atoms with van der Waals surface area (Å²) in [5.74, 6) is -0.376. The van der Waals surface area contributed by atoms with Crippen molar-refractivity contribution in [3.63, 3.8) is 0 Å². The predicted octanol–water partition coefficient (Wildman–Crippen LogP) is 2.23. The van der Waals surface area contributed by atoms with E-state index in [0.717, 1.165) is 19.3 Å². The lowest BCUT2D eigenvalue weighted by Gasteiger charge is -2.67. The fourth-order valence-corrected chi connectivity index (χ4v) is 10.2. The van der Waals surface area contributed by atoms with Crippen molar-refractivity contribution in [1.29, 1.82) is 0 Å². The molecule has 0 aromatic heterocycles. The fraction of sp³-hybridized carbons (Fsp3) is 0.900. The molecule has 0 bridgehead atoms. The maximum absolute atomic E-state index is 12.5. The number of carbonyl (C=O) groups excluding carboxylic acids is 1. The highest BCUT2D eigenvalue weighted by molar-refractivity contribution is 5.83. The van der Waals surface area contributed by atoms with Crippen molar-refractivity contribution in [3.8, 4) is 0 Å². The molecule has 6 rings (SSSR count). The van der Waals surface area contributed by atoms with Crippen LogP contribution in [0.5, 0.6) is 0 Å². The Kier molecular flexibility index (Phi) is 6.82. The van der Waals surface area contributed by atoms with Gasteiger partial charge in [-0.25, -0.2) is 4.79 Å². The van der Waals surface area contributed by atoms with E-state index in [2.05, 4.69) is 6.92 Å². The zero-order valence-corrected chi connectivity index (χ0v) is 23.5. The molecule has 0 aromatic carbocycles. The van der Waals surface area contributed by atoms with Crippen molar-refractivity contribution < 1.29 is 44.2 Å². The molecule has 5 fully saturated rings. The topological polar surface area (TPSA) is 135 Å². The van der Waals surface area contributed by atoms with Crippen LogP contribution in [-0.2, 0) is 23.7 Å². The van der Waals surface area contributed by atoms with Gasteiger partial charge in [-0.1, -0.05) is 13.0 Å². The van der Waals surface area contributed by atoms with Crippen molar-refractivity contribution in [2.45, 2.75) is 120 Å². The summed E-state index contributed by atoms with van der Waals surface area (Å²) >= 11 is 0. The molecular weight excluding hydrogens is 504 g/mol. The van der Waals surface area contributed by atoms with Gasteiger partial charge in [-0.3, -0.25) is 0 Å². The van der Waals surface area contributed by atoms with Crippen LogP contribution in [0.15, 0.2) is 12.2 Å². The van der Waals surface area contributed by atoms with E-state index in [1.54, 1.807) is 14.0 Å². The number of carbonyl (C=O) groups is 1. The van der Waals surface area contributed by atoms with E-state index in [1.807, 2.05) is 6.08 Å². The SMILES string of the molecule is CO[C@@H]1C[C@H](O[C@@H]2CC[C@]3(CO)[C@H]4CC[C@]5(C)[C@@]6(C=CC(=O)OC6)CC[C@@]5(O)[C@@H]4CC[C@]3(O)C2)O[C@@H](C)[C@H]1O. The van der Waals surface area contributed by atoms with Gasteiger partial charge in [-0.15, -0.1) is 0 Å². The molecule has 220 valence electrons. The molecule has 1 saturated heterocycles. The third-order valence-corrected chi connectivity index (χ3v) is 12.6. The third-order valence-electron chi connectivity index (χ3n) is 12.6. The monoisotopic (exact) mass is 550 g/mol. The van der Waals surface area contributed by atoms with Gasteiger partial charge in [0, 0.05) is 42.3 Å². The zero-order chi connectivity index (χ0) is 27.8. The van der Waals surface area contributed by atoms with E-state index in [4.69, 9.17) is 18.9 Å². The Bertz CT molecular complexity index is 1000. The van der Waals surface area contributed by atoms with Crippen molar-refractivity contribution in [2.24, 2.45) is 28.1 Å². The average molecular weight is 551 g/mol. The van der Waals surface area contributed by atoms with Crippen LogP contribution in [0.2, 0.25) is 0 Å². The predicted molar refractivity (Wildman–Crippen MR) is 139 cm³/mol. The average Bonchev–Trinajstić information content (AvgIpc) is 3.14. The van der Waals surface area contributed by atoms with Gasteiger partial charge in [-0.2, -0.15) is 0 Å². The molecule has 0 amide bonds. The molecule has 4 N–H and O–H groups in total. The number of ether oxygens (including phenoxy) is 4. The van der Waals surface area contributed by atoms with Crippen LogP contribution in [0.25, 0.3) is 0 Å². The highest BCUT2D eigenvalue weighted by Crippen LogP contribution is 2.73. The van der Waals surface area contributed by atoms with Crippen molar-refractivity contribution in [2.75, 3.05) is 20.3 Å². The number of aliphatic hydroxyl groups excluding tert-OH is 2. The zero-order valence-electron chi connectivity index (χ0n) is 23.5. The van der Waals surface area contributed by atoms with E-state index >= 15 is 0 Å². The van der Waals surface area contributed by atoms with Crippen LogP contribution in [0, 0.1) is 28.1 Å². The van der Waals surface area contributed by atoms with Gasteiger partial charge in [0.25, 0.3) is 0 Å². The molecule has 2 heterocycles. The highest BCUT2D eigenvalue weighted by Gasteiger charge is 2.74. The van der Waals surface area contributed by atoms with Gasteiger partial charge in [0.05, 0.1) is 36.1 Å². The second-order valence-electron chi connectivity index (χ2n) is 13.8. The Morgan fingerprint density at radius 3 is 2.54 bits per heavy atom. The van der Waals surface area contributed by atoms with Gasteiger partial charge in [0.1, 0.15) is 12.7 Å². The molecule has 12 atom stereocenters. The highest BCUT2D eigenvalue weighted by atomic mass is 16.7. The summed E-state index contributed by atoms with van der Waals surface area (Å²) in [6, 6.07) is 0. The Morgan fingerprint density at radius 2 is 1.85 bits per heavy atom. The van der Waals surface area contributed by atoms with Gasteiger partial charge in [0.15, 0.2) is 6.29 Å². The van der Waals surface area contributed by atoms with Crippen LogP contribution < -0.4 is 0 Å². The van der Waals surface area contributed by atoms with Crippen molar-refractivity contribution in [3.05, 3.63) is 12.2 Å². The molecule has 0 aromatic rings. The van der Waals surface area contributed by atoms with Crippen molar-refractivity contribution in [1.82, 2.24) is 0 Å². The van der Waals surface area contributed by atoms with Gasteiger partial charge in [-0.05, 0) is 70.1 Å². The third kappa shape index (κ3) is 3.80. The summed E-state index contributed by atoms with van der Waals surface area (Å²) < 4.78 is 23.2. The number of aliphatic hydroxyl groups is 4. The summed E-state index contributed by atoms with van der Waals surface area (Å²) in [4.78, 5) is 11.8. The molecule has 9 heteroatoms. The number of methoxy groups -OCH3 is 1. The largest absolute Gasteiger partial charge is 0.462 e. The summed E-state index contributed by atoms with van der Waals surface area (Å²) in [7, 11) is 1.58. The standard InChI is InChI=1S/C30H46O9/c1-18-25(33)22(36-3)14-24(38-18)39-19-4-10-28(16-31)20-5-8-26(2)27(9-7-23(32)37-17-27)12-13-30(26,35)21(20)6-11-29(28,34)15-19/h7,9,18-22,24-25,31,33-35H,4-6,8,10-17H2,1-3H3/t18-,19+,20-,21+,22+,24-,25+,26+,27-,28-,29-,30+/m0/s1. The maximum Gasteiger partial charge on any atom is 0.330 e. The van der Waals surface area contributed by atoms with E-state index in [-0.39, 0.29) is 42.0 Å². The molecule has 0 radical (unpaired) electrons.